The van der Waals surface area contributed by atoms with Crippen LogP contribution in [0.1, 0.15) is 23.8 Å². The van der Waals surface area contributed by atoms with Crippen molar-refractivity contribution in [1.82, 2.24) is 20.4 Å². The van der Waals surface area contributed by atoms with E-state index in [1.165, 1.54) is 12.1 Å². The van der Waals surface area contributed by atoms with Gasteiger partial charge < -0.3 is 10.4 Å². The van der Waals surface area contributed by atoms with Gasteiger partial charge in [-0.25, -0.2) is 14.3 Å². The van der Waals surface area contributed by atoms with E-state index in [0.29, 0.717) is 13.0 Å². The number of carbonyl (C=O) groups is 3. The summed E-state index contributed by atoms with van der Waals surface area (Å²) in [7, 11) is 0. The van der Waals surface area contributed by atoms with Gasteiger partial charge in [0.25, 0.3) is 5.56 Å². The van der Waals surface area contributed by atoms with Gasteiger partial charge in [-0.05, 0) is 12.5 Å². The number of imide groups is 1. The molecule has 3 amide bonds. The van der Waals surface area contributed by atoms with Crippen molar-refractivity contribution in [3.05, 3.63) is 40.3 Å². The Balaban J connectivity index is 2.31. The van der Waals surface area contributed by atoms with Crippen molar-refractivity contribution in [3.63, 3.8) is 0 Å². The van der Waals surface area contributed by atoms with E-state index in [-0.39, 0.29) is 16.5 Å². The SMILES string of the molecule is CCCNC(=O)NC(=O)Cn1nc(C(=O)O)c2ccccc2c1=O. The van der Waals surface area contributed by atoms with Crippen LogP contribution in [0.15, 0.2) is 29.1 Å². The van der Waals surface area contributed by atoms with Crippen molar-refractivity contribution in [3.8, 4) is 0 Å². The number of rotatable bonds is 5. The summed E-state index contributed by atoms with van der Waals surface area (Å²) in [5, 5.41) is 17.8. The maximum atomic E-state index is 12.3. The number of urea groups is 1. The first-order chi connectivity index (χ1) is 11.4. The first kappa shape index (κ1) is 17.1. The second-order valence-corrected chi connectivity index (χ2v) is 4.97. The maximum absolute atomic E-state index is 12.3. The number of carboxylic acid groups (broad SMARTS) is 1. The first-order valence-electron chi connectivity index (χ1n) is 7.25. The molecule has 9 nitrogen and oxygen atoms in total. The summed E-state index contributed by atoms with van der Waals surface area (Å²) in [5.74, 6) is -2.09. The monoisotopic (exact) mass is 332 g/mol. The minimum Gasteiger partial charge on any atom is -0.476 e. The van der Waals surface area contributed by atoms with Crippen molar-refractivity contribution in [2.24, 2.45) is 0 Å². The molecule has 2 rings (SSSR count). The van der Waals surface area contributed by atoms with E-state index in [2.05, 4.69) is 15.7 Å². The predicted molar refractivity (Wildman–Crippen MR) is 84.8 cm³/mol. The molecule has 0 saturated heterocycles. The van der Waals surface area contributed by atoms with Crippen LogP contribution in [0, 0.1) is 0 Å². The van der Waals surface area contributed by atoms with Gasteiger partial charge in [-0.15, -0.1) is 0 Å². The van der Waals surface area contributed by atoms with Crippen LogP contribution in [-0.2, 0) is 11.3 Å². The highest BCUT2D eigenvalue weighted by Gasteiger charge is 2.17. The highest BCUT2D eigenvalue weighted by molar-refractivity contribution is 6.01. The van der Waals surface area contributed by atoms with Crippen LogP contribution in [0.25, 0.3) is 10.8 Å². The number of nitrogens with one attached hydrogen (secondary N) is 2. The van der Waals surface area contributed by atoms with Crippen LogP contribution < -0.4 is 16.2 Å². The summed E-state index contributed by atoms with van der Waals surface area (Å²) in [6.07, 6.45) is 0.704. The summed E-state index contributed by atoms with van der Waals surface area (Å²) in [6.45, 7) is 1.69. The maximum Gasteiger partial charge on any atom is 0.357 e. The summed E-state index contributed by atoms with van der Waals surface area (Å²) in [4.78, 5) is 46.9. The molecule has 0 atom stereocenters. The topological polar surface area (TPSA) is 130 Å². The number of fused-ring (bicyclic) bond motifs is 1. The van der Waals surface area contributed by atoms with E-state index in [1.807, 2.05) is 6.92 Å². The van der Waals surface area contributed by atoms with Gasteiger partial charge in [-0.3, -0.25) is 14.9 Å². The van der Waals surface area contributed by atoms with Gasteiger partial charge >= 0.3 is 12.0 Å². The van der Waals surface area contributed by atoms with E-state index in [4.69, 9.17) is 0 Å². The summed E-state index contributed by atoms with van der Waals surface area (Å²) in [5.41, 5.74) is -0.951. The fraction of sp³-hybridized carbons (Fsp3) is 0.267. The van der Waals surface area contributed by atoms with Crippen molar-refractivity contribution in [2.75, 3.05) is 6.54 Å². The van der Waals surface area contributed by atoms with Crippen molar-refractivity contribution >= 4 is 28.7 Å². The molecule has 1 aromatic heterocycles. The first-order valence-corrected chi connectivity index (χ1v) is 7.25. The molecule has 0 aliphatic heterocycles. The summed E-state index contributed by atoms with van der Waals surface area (Å²) >= 11 is 0. The second kappa shape index (κ2) is 7.36. The lowest BCUT2D eigenvalue weighted by Gasteiger charge is -2.09. The molecule has 0 radical (unpaired) electrons. The molecule has 0 spiro atoms. The lowest BCUT2D eigenvalue weighted by molar-refractivity contribution is -0.120. The number of hydrogen-bond acceptors (Lipinski definition) is 5. The van der Waals surface area contributed by atoms with Crippen LogP contribution in [-0.4, -0.2) is 39.3 Å². The van der Waals surface area contributed by atoms with Crippen molar-refractivity contribution in [1.29, 1.82) is 0 Å². The van der Waals surface area contributed by atoms with Gasteiger partial charge in [0.05, 0.1) is 5.39 Å². The minimum absolute atomic E-state index is 0.133. The Morgan fingerprint density at radius 3 is 2.50 bits per heavy atom. The quantitative estimate of drug-likeness (QED) is 0.723. The van der Waals surface area contributed by atoms with Crippen LogP contribution in [0.3, 0.4) is 0 Å². The van der Waals surface area contributed by atoms with Gasteiger partial charge in [-0.2, -0.15) is 5.10 Å². The average Bonchev–Trinajstić information content (AvgIpc) is 2.55. The smallest absolute Gasteiger partial charge is 0.357 e. The van der Waals surface area contributed by atoms with Crippen molar-refractivity contribution < 1.29 is 19.5 Å². The van der Waals surface area contributed by atoms with Crippen LogP contribution in [0.2, 0.25) is 0 Å². The molecule has 126 valence electrons. The minimum atomic E-state index is -1.32. The zero-order valence-corrected chi connectivity index (χ0v) is 12.9. The molecule has 0 aliphatic carbocycles. The third kappa shape index (κ3) is 3.75. The number of carboxylic acids is 1. The zero-order chi connectivity index (χ0) is 17.7. The number of aromatic carboxylic acids is 1. The van der Waals surface area contributed by atoms with Gasteiger partial charge in [0.2, 0.25) is 5.91 Å². The van der Waals surface area contributed by atoms with Gasteiger partial charge in [-0.1, -0.05) is 25.1 Å². The molecule has 0 unspecified atom stereocenters. The highest BCUT2D eigenvalue weighted by atomic mass is 16.4. The van der Waals surface area contributed by atoms with E-state index in [0.717, 1.165) is 4.68 Å². The molecular formula is C15H16N4O5. The van der Waals surface area contributed by atoms with Crippen molar-refractivity contribution in [2.45, 2.75) is 19.9 Å². The number of amides is 3. The van der Waals surface area contributed by atoms with E-state index in [1.54, 1.807) is 12.1 Å². The standard InChI is InChI=1S/C15H16N4O5/c1-2-7-16-15(24)17-11(20)8-19-13(21)10-6-4-3-5-9(10)12(18-19)14(22)23/h3-6H,2,7-8H2,1H3,(H,22,23)(H2,16,17,20,24). The molecule has 0 bridgehead atoms. The molecule has 1 aromatic carbocycles. The van der Waals surface area contributed by atoms with Gasteiger partial charge in [0, 0.05) is 11.9 Å². The Morgan fingerprint density at radius 2 is 1.88 bits per heavy atom. The number of carbonyl (C=O) groups excluding carboxylic acids is 2. The third-order valence-electron chi connectivity index (χ3n) is 3.15. The molecule has 1 heterocycles. The number of aromatic nitrogens is 2. The normalized spacial score (nSPS) is 10.4. The van der Waals surface area contributed by atoms with E-state index in [9.17, 15) is 24.3 Å². The number of benzene rings is 1. The molecule has 0 fully saturated rings. The lowest BCUT2D eigenvalue weighted by Crippen LogP contribution is -2.43. The summed E-state index contributed by atoms with van der Waals surface area (Å²) in [6, 6.07) is 5.40. The molecule has 0 saturated carbocycles. The van der Waals surface area contributed by atoms with Gasteiger partial charge in [0.15, 0.2) is 5.69 Å². The van der Waals surface area contributed by atoms with E-state index >= 15 is 0 Å². The Hall–Kier alpha value is -3.23. The Labute approximate surface area is 136 Å². The van der Waals surface area contributed by atoms with Crippen LogP contribution in [0.5, 0.6) is 0 Å². The van der Waals surface area contributed by atoms with E-state index < -0.39 is 30.0 Å². The molecule has 2 aromatic rings. The van der Waals surface area contributed by atoms with Crippen LogP contribution in [0.4, 0.5) is 4.79 Å². The molecular weight excluding hydrogens is 316 g/mol. The molecule has 0 aliphatic rings. The lowest BCUT2D eigenvalue weighted by atomic mass is 10.1. The molecule has 24 heavy (non-hydrogen) atoms. The Kier molecular flexibility index (Phi) is 5.25. The van der Waals surface area contributed by atoms with Gasteiger partial charge in [0.1, 0.15) is 6.54 Å². The zero-order valence-electron chi connectivity index (χ0n) is 12.9. The highest BCUT2D eigenvalue weighted by Crippen LogP contribution is 2.12. The average molecular weight is 332 g/mol. The summed E-state index contributed by atoms with van der Waals surface area (Å²) < 4.78 is 0.730. The van der Waals surface area contributed by atoms with Crippen LogP contribution >= 0.6 is 0 Å². The number of nitrogens with zero attached hydrogens (tertiary/aromatic N) is 2. The fourth-order valence-electron chi connectivity index (χ4n) is 2.09. The largest absolute Gasteiger partial charge is 0.476 e. The molecule has 3 N–H and O–H groups in total. The fourth-order valence-corrected chi connectivity index (χ4v) is 2.09. The Bertz CT molecular complexity index is 859. The second-order valence-electron chi connectivity index (χ2n) is 4.97. The third-order valence-corrected chi connectivity index (χ3v) is 3.15. The Morgan fingerprint density at radius 1 is 1.21 bits per heavy atom. The predicted octanol–water partition coefficient (Wildman–Crippen LogP) is 0.330. The number of hydrogen-bond donors (Lipinski definition) is 3. The molecule has 9 heteroatoms.